The number of aromatic nitrogens is 1. The molecule has 2 N–H and O–H groups in total. The van der Waals surface area contributed by atoms with E-state index in [2.05, 4.69) is 24.1 Å². The minimum atomic E-state index is -1.06. The summed E-state index contributed by atoms with van der Waals surface area (Å²) in [6, 6.07) is 2.64. The molecule has 1 aromatic rings. The van der Waals surface area contributed by atoms with E-state index in [-0.39, 0.29) is 17.2 Å². The molecular formula is C13H18N2O3. The Hall–Kier alpha value is -1.91. The summed E-state index contributed by atoms with van der Waals surface area (Å²) in [5.41, 5.74) is 0.205. The highest BCUT2D eigenvalue weighted by Gasteiger charge is 2.10. The maximum atomic E-state index is 11.7. The number of carbonyl (C=O) groups is 2. The molecule has 0 saturated heterocycles. The number of hydrogen-bond donors (Lipinski definition) is 2. The fourth-order valence-electron chi connectivity index (χ4n) is 1.49. The molecular weight excluding hydrogens is 232 g/mol. The number of rotatable bonds is 6. The number of aromatic carboxylic acids is 1. The lowest BCUT2D eigenvalue weighted by molar-refractivity contribution is 0.0696. The van der Waals surface area contributed by atoms with Crippen molar-refractivity contribution < 1.29 is 14.7 Å². The molecule has 5 heteroatoms. The van der Waals surface area contributed by atoms with Gasteiger partial charge in [-0.15, -0.1) is 0 Å². The van der Waals surface area contributed by atoms with Crippen molar-refractivity contribution in [1.82, 2.24) is 10.3 Å². The summed E-state index contributed by atoms with van der Waals surface area (Å²) >= 11 is 0. The van der Waals surface area contributed by atoms with Crippen LogP contribution in [-0.4, -0.2) is 28.5 Å². The van der Waals surface area contributed by atoms with Crippen molar-refractivity contribution in [1.29, 1.82) is 0 Å². The summed E-state index contributed by atoms with van der Waals surface area (Å²) in [5, 5.41) is 11.5. The standard InChI is InChI=1S/C13H18N2O3/c1-9(2)4-3-6-15-12(16)11-8-10(13(17)18)5-7-14-11/h5,7-9H,3-4,6H2,1-2H3,(H,15,16)(H,17,18). The van der Waals surface area contributed by atoms with Crippen LogP contribution in [-0.2, 0) is 0 Å². The Kier molecular flexibility index (Phi) is 5.30. The first kappa shape index (κ1) is 14.2. The molecule has 1 rings (SSSR count). The van der Waals surface area contributed by atoms with Crippen LogP contribution in [0.2, 0.25) is 0 Å². The Morgan fingerprint density at radius 3 is 2.78 bits per heavy atom. The van der Waals surface area contributed by atoms with Gasteiger partial charge in [-0.25, -0.2) is 4.79 Å². The smallest absolute Gasteiger partial charge is 0.335 e. The van der Waals surface area contributed by atoms with Gasteiger partial charge in [0.05, 0.1) is 5.56 Å². The Morgan fingerprint density at radius 2 is 2.17 bits per heavy atom. The molecule has 0 aliphatic carbocycles. The Morgan fingerprint density at radius 1 is 1.44 bits per heavy atom. The molecule has 0 fully saturated rings. The molecule has 5 nitrogen and oxygen atoms in total. The molecule has 0 unspecified atom stereocenters. The minimum Gasteiger partial charge on any atom is -0.478 e. The first-order chi connectivity index (χ1) is 8.50. The van der Waals surface area contributed by atoms with Gasteiger partial charge in [0.25, 0.3) is 5.91 Å². The van der Waals surface area contributed by atoms with E-state index in [1.165, 1.54) is 18.3 Å². The monoisotopic (exact) mass is 250 g/mol. The molecule has 0 spiro atoms. The van der Waals surface area contributed by atoms with E-state index in [9.17, 15) is 9.59 Å². The molecule has 0 saturated carbocycles. The SMILES string of the molecule is CC(C)CCCNC(=O)c1cc(C(=O)O)ccn1. The van der Waals surface area contributed by atoms with E-state index in [4.69, 9.17) is 5.11 Å². The van der Waals surface area contributed by atoms with Crippen LogP contribution in [0.5, 0.6) is 0 Å². The first-order valence-corrected chi connectivity index (χ1v) is 5.98. The van der Waals surface area contributed by atoms with E-state index in [0.29, 0.717) is 12.5 Å². The van der Waals surface area contributed by atoms with Crippen molar-refractivity contribution in [2.45, 2.75) is 26.7 Å². The van der Waals surface area contributed by atoms with Crippen LogP contribution in [0.1, 0.15) is 47.5 Å². The van der Waals surface area contributed by atoms with Gasteiger partial charge in [-0.2, -0.15) is 0 Å². The van der Waals surface area contributed by atoms with Gasteiger partial charge in [0.15, 0.2) is 0 Å². The quantitative estimate of drug-likeness (QED) is 0.756. The second-order valence-corrected chi connectivity index (χ2v) is 4.53. The van der Waals surface area contributed by atoms with Crippen LogP contribution in [0.3, 0.4) is 0 Å². The molecule has 0 atom stereocenters. The average Bonchev–Trinajstić information content (AvgIpc) is 2.34. The van der Waals surface area contributed by atoms with E-state index in [1.807, 2.05) is 0 Å². The van der Waals surface area contributed by atoms with Gasteiger partial charge < -0.3 is 10.4 Å². The summed E-state index contributed by atoms with van der Waals surface area (Å²) in [6.45, 7) is 4.83. The maximum absolute atomic E-state index is 11.7. The summed E-state index contributed by atoms with van der Waals surface area (Å²) in [4.78, 5) is 26.3. The van der Waals surface area contributed by atoms with Gasteiger partial charge in [-0.1, -0.05) is 13.8 Å². The van der Waals surface area contributed by atoms with Crippen LogP contribution in [0.15, 0.2) is 18.3 Å². The third-order valence-corrected chi connectivity index (χ3v) is 2.48. The zero-order valence-electron chi connectivity index (χ0n) is 10.6. The van der Waals surface area contributed by atoms with Gasteiger partial charge in [0, 0.05) is 12.7 Å². The summed E-state index contributed by atoms with van der Waals surface area (Å²) in [7, 11) is 0. The summed E-state index contributed by atoms with van der Waals surface area (Å²) < 4.78 is 0. The molecule has 1 aromatic heterocycles. The maximum Gasteiger partial charge on any atom is 0.335 e. The molecule has 0 aliphatic heterocycles. The van der Waals surface area contributed by atoms with Gasteiger partial charge in [-0.3, -0.25) is 9.78 Å². The number of nitrogens with zero attached hydrogens (tertiary/aromatic N) is 1. The molecule has 18 heavy (non-hydrogen) atoms. The highest BCUT2D eigenvalue weighted by atomic mass is 16.4. The Balaban J connectivity index is 2.51. The summed E-state index contributed by atoms with van der Waals surface area (Å²) in [6.07, 6.45) is 3.28. The average molecular weight is 250 g/mol. The predicted molar refractivity (Wildman–Crippen MR) is 67.6 cm³/mol. The van der Waals surface area contributed by atoms with Crippen molar-refractivity contribution in [3.05, 3.63) is 29.6 Å². The Labute approximate surface area is 106 Å². The topological polar surface area (TPSA) is 79.3 Å². The number of hydrogen-bond acceptors (Lipinski definition) is 3. The van der Waals surface area contributed by atoms with Crippen LogP contribution in [0.25, 0.3) is 0 Å². The number of nitrogens with one attached hydrogen (secondary N) is 1. The van der Waals surface area contributed by atoms with Crippen LogP contribution < -0.4 is 5.32 Å². The zero-order chi connectivity index (χ0) is 13.5. The third-order valence-electron chi connectivity index (χ3n) is 2.48. The normalized spacial score (nSPS) is 10.4. The molecule has 0 radical (unpaired) electrons. The van der Waals surface area contributed by atoms with Crippen molar-refractivity contribution in [3.8, 4) is 0 Å². The molecule has 0 bridgehead atoms. The number of carbonyl (C=O) groups excluding carboxylic acids is 1. The fourth-order valence-corrected chi connectivity index (χ4v) is 1.49. The highest BCUT2D eigenvalue weighted by Crippen LogP contribution is 2.04. The number of amides is 1. The third kappa shape index (κ3) is 4.53. The van der Waals surface area contributed by atoms with E-state index >= 15 is 0 Å². The van der Waals surface area contributed by atoms with E-state index in [1.54, 1.807) is 0 Å². The van der Waals surface area contributed by atoms with Crippen molar-refractivity contribution in [3.63, 3.8) is 0 Å². The van der Waals surface area contributed by atoms with E-state index in [0.717, 1.165) is 12.8 Å². The summed E-state index contributed by atoms with van der Waals surface area (Å²) in [5.74, 6) is -0.788. The van der Waals surface area contributed by atoms with Gasteiger partial charge in [0.2, 0.25) is 0 Å². The van der Waals surface area contributed by atoms with Gasteiger partial charge in [-0.05, 0) is 30.9 Å². The fraction of sp³-hybridized carbons (Fsp3) is 0.462. The van der Waals surface area contributed by atoms with Crippen LogP contribution in [0, 0.1) is 5.92 Å². The van der Waals surface area contributed by atoms with Gasteiger partial charge in [0.1, 0.15) is 5.69 Å². The molecule has 1 heterocycles. The second kappa shape index (κ2) is 6.74. The first-order valence-electron chi connectivity index (χ1n) is 5.98. The molecule has 98 valence electrons. The molecule has 1 amide bonds. The van der Waals surface area contributed by atoms with Crippen LogP contribution >= 0.6 is 0 Å². The lowest BCUT2D eigenvalue weighted by Gasteiger charge is -2.06. The van der Waals surface area contributed by atoms with E-state index < -0.39 is 5.97 Å². The lowest BCUT2D eigenvalue weighted by atomic mass is 10.1. The second-order valence-electron chi connectivity index (χ2n) is 4.53. The lowest BCUT2D eigenvalue weighted by Crippen LogP contribution is -2.25. The predicted octanol–water partition coefficient (Wildman–Crippen LogP) is 1.95. The molecule has 0 aliphatic rings. The van der Waals surface area contributed by atoms with Crippen molar-refractivity contribution in [2.24, 2.45) is 5.92 Å². The number of carboxylic acid groups (broad SMARTS) is 1. The Bertz CT molecular complexity index is 430. The number of pyridine rings is 1. The van der Waals surface area contributed by atoms with Crippen molar-refractivity contribution >= 4 is 11.9 Å². The van der Waals surface area contributed by atoms with Gasteiger partial charge >= 0.3 is 5.97 Å². The molecule has 0 aromatic carbocycles. The van der Waals surface area contributed by atoms with Crippen LogP contribution in [0.4, 0.5) is 0 Å². The number of carboxylic acids is 1. The zero-order valence-corrected chi connectivity index (χ0v) is 10.6. The largest absolute Gasteiger partial charge is 0.478 e. The minimum absolute atomic E-state index is 0.0670. The highest BCUT2D eigenvalue weighted by molar-refractivity contribution is 5.95. The van der Waals surface area contributed by atoms with Crippen molar-refractivity contribution in [2.75, 3.05) is 6.54 Å².